The van der Waals surface area contributed by atoms with E-state index < -0.39 is 0 Å². The van der Waals surface area contributed by atoms with Gasteiger partial charge in [0.1, 0.15) is 0 Å². The largest absolute Gasteiger partial charge is 0.354 e. The summed E-state index contributed by atoms with van der Waals surface area (Å²) in [5, 5.41) is 10.6. The van der Waals surface area contributed by atoms with E-state index >= 15 is 0 Å². The topological polar surface area (TPSA) is 78.4 Å². The predicted octanol–water partition coefficient (Wildman–Crippen LogP) is 1.04. The van der Waals surface area contributed by atoms with Gasteiger partial charge in [-0.2, -0.15) is 0 Å². The van der Waals surface area contributed by atoms with E-state index in [2.05, 4.69) is 20.4 Å². The predicted molar refractivity (Wildman–Crippen MR) is 99.1 cm³/mol. The van der Waals surface area contributed by atoms with Crippen molar-refractivity contribution in [1.82, 2.24) is 20.4 Å². The standard InChI is InChI=1S/C19H23N5O2/c1-14-3-5-15(6-4-14)13-18(25)24-11-9-23(10-12-24)17-8-7-16(21-22-17)19(26)20-2/h3-8H,9-13H2,1-2H3,(H,20,26). The molecule has 2 amide bonds. The van der Waals surface area contributed by atoms with Gasteiger partial charge >= 0.3 is 0 Å². The van der Waals surface area contributed by atoms with Gasteiger partial charge < -0.3 is 15.1 Å². The maximum atomic E-state index is 12.5. The fourth-order valence-corrected chi connectivity index (χ4v) is 2.92. The number of hydrogen-bond acceptors (Lipinski definition) is 5. The maximum Gasteiger partial charge on any atom is 0.271 e. The van der Waals surface area contributed by atoms with E-state index in [1.165, 1.54) is 5.56 Å². The summed E-state index contributed by atoms with van der Waals surface area (Å²) in [4.78, 5) is 28.0. The number of rotatable bonds is 4. The zero-order valence-electron chi connectivity index (χ0n) is 15.1. The molecule has 7 heteroatoms. The van der Waals surface area contributed by atoms with Crippen molar-refractivity contribution < 1.29 is 9.59 Å². The molecule has 1 aromatic carbocycles. The average Bonchev–Trinajstić information content (AvgIpc) is 2.69. The van der Waals surface area contributed by atoms with Gasteiger partial charge in [0.25, 0.3) is 5.91 Å². The third kappa shape index (κ3) is 4.17. The van der Waals surface area contributed by atoms with Gasteiger partial charge in [0, 0.05) is 33.2 Å². The van der Waals surface area contributed by atoms with E-state index in [1.807, 2.05) is 36.1 Å². The Hall–Kier alpha value is -2.96. The van der Waals surface area contributed by atoms with Gasteiger partial charge in [-0.1, -0.05) is 29.8 Å². The normalized spacial score (nSPS) is 14.2. The molecule has 7 nitrogen and oxygen atoms in total. The first-order valence-electron chi connectivity index (χ1n) is 8.71. The molecule has 0 atom stereocenters. The molecule has 136 valence electrons. The van der Waals surface area contributed by atoms with Crippen molar-refractivity contribution in [1.29, 1.82) is 0 Å². The molecule has 0 bridgehead atoms. The molecule has 0 radical (unpaired) electrons. The molecule has 0 unspecified atom stereocenters. The number of anilines is 1. The highest BCUT2D eigenvalue weighted by molar-refractivity contribution is 5.91. The van der Waals surface area contributed by atoms with Gasteiger partial charge in [-0.25, -0.2) is 0 Å². The van der Waals surface area contributed by atoms with Crippen LogP contribution in [0.25, 0.3) is 0 Å². The second-order valence-corrected chi connectivity index (χ2v) is 6.39. The monoisotopic (exact) mass is 353 g/mol. The molecule has 0 saturated carbocycles. The Labute approximate surface area is 153 Å². The van der Waals surface area contributed by atoms with Gasteiger partial charge in [0.05, 0.1) is 6.42 Å². The first-order valence-corrected chi connectivity index (χ1v) is 8.71. The summed E-state index contributed by atoms with van der Waals surface area (Å²) in [6.07, 6.45) is 0.431. The van der Waals surface area contributed by atoms with Gasteiger partial charge in [0.15, 0.2) is 11.5 Å². The molecule has 2 heterocycles. The van der Waals surface area contributed by atoms with Crippen molar-refractivity contribution in [3.63, 3.8) is 0 Å². The zero-order chi connectivity index (χ0) is 18.5. The van der Waals surface area contributed by atoms with Crippen LogP contribution in [0.2, 0.25) is 0 Å². The number of hydrogen-bond donors (Lipinski definition) is 1. The number of aryl methyl sites for hydroxylation is 1. The van der Waals surface area contributed by atoms with Gasteiger partial charge in [0.2, 0.25) is 5.91 Å². The summed E-state index contributed by atoms with van der Waals surface area (Å²) in [7, 11) is 1.56. The summed E-state index contributed by atoms with van der Waals surface area (Å²) >= 11 is 0. The lowest BCUT2D eigenvalue weighted by Crippen LogP contribution is -2.49. The van der Waals surface area contributed by atoms with E-state index in [1.54, 1.807) is 19.2 Å². The highest BCUT2D eigenvalue weighted by Gasteiger charge is 2.22. The van der Waals surface area contributed by atoms with E-state index in [9.17, 15) is 9.59 Å². The van der Waals surface area contributed by atoms with Crippen LogP contribution >= 0.6 is 0 Å². The van der Waals surface area contributed by atoms with E-state index in [-0.39, 0.29) is 11.8 Å². The van der Waals surface area contributed by atoms with Crippen molar-refractivity contribution in [2.45, 2.75) is 13.3 Å². The number of aromatic nitrogens is 2. The minimum absolute atomic E-state index is 0.148. The zero-order valence-corrected chi connectivity index (χ0v) is 15.1. The van der Waals surface area contributed by atoms with Gasteiger partial charge in [-0.15, -0.1) is 10.2 Å². The van der Waals surface area contributed by atoms with Crippen LogP contribution in [0.15, 0.2) is 36.4 Å². The molecule has 0 spiro atoms. The first kappa shape index (κ1) is 17.8. The molecular formula is C19H23N5O2. The second kappa shape index (κ2) is 7.95. The minimum atomic E-state index is -0.254. The molecule has 1 aromatic heterocycles. The highest BCUT2D eigenvalue weighted by atomic mass is 16.2. The number of nitrogens with one attached hydrogen (secondary N) is 1. The second-order valence-electron chi connectivity index (χ2n) is 6.39. The molecule has 1 aliphatic heterocycles. The molecule has 3 rings (SSSR count). The summed E-state index contributed by atoms with van der Waals surface area (Å²) < 4.78 is 0. The Kier molecular flexibility index (Phi) is 5.46. The number of carbonyl (C=O) groups excluding carboxylic acids is 2. The molecule has 0 aliphatic carbocycles. The van der Waals surface area contributed by atoms with Crippen LogP contribution in [0.5, 0.6) is 0 Å². The summed E-state index contributed by atoms with van der Waals surface area (Å²) in [6.45, 7) is 4.75. The highest BCUT2D eigenvalue weighted by Crippen LogP contribution is 2.14. The minimum Gasteiger partial charge on any atom is -0.354 e. The van der Waals surface area contributed by atoms with Crippen LogP contribution in [0.4, 0.5) is 5.82 Å². The van der Waals surface area contributed by atoms with Crippen molar-refractivity contribution in [2.24, 2.45) is 0 Å². The van der Waals surface area contributed by atoms with Crippen LogP contribution < -0.4 is 10.2 Å². The van der Waals surface area contributed by atoms with Crippen molar-refractivity contribution in [3.05, 3.63) is 53.2 Å². The molecular weight excluding hydrogens is 330 g/mol. The summed E-state index contributed by atoms with van der Waals surface area (Å²) in [6, 6.07) is 11.5. The molecule has 1 fully saturated rings. The summed E-state index contributed by atoms with van der Waals surface area (Å²) in [5.74, 6) is 0.619. The van der Waals surface area contributed by atoms with Crippen LogP contribution in [-0.4, -0.2) is 60.1 Å². The smallest absolute Gasteiger partial charge is 0.271 e. The SMILES string of the molecule is CNC(=O)c1ccc(N2CCN(C(=O)Cc3ccc(C)cc3)CC2)nn1. The lowest BCUT2D eigenvalue weighted by molar-refractivity contribution is -0.130. The van der Waals surface area contributed by atoms with E-state index in [4.69, 9.17) is 0 Å². The fourth-order valence-electron chi connectivity index (χ4n) is 2.92. The Balaban J connectivity index is 1.54. The van der Waals surface area contributed by atoms with E-state index in [0.29, 0.717) is 38.3 Å². The number of nitrogens with zero attached hydrogens (tertiary/aromatic N) is 4. The van der Waals surface area contributed by atoms with Gasteiger partial charge in [-0.3, -0.25) is 9.59 Å². The Bertz CT molecular complexity index is 766. The molecule has 1 N–H and O–H groups in total. The summed E-state index contributed by atoms with van der Waals surface area (Å²) in [5.41, 5.74) is 2.53. The van der Waals surface area contributed by atoms with Crippen LogP contribution in [-0.2, 0) is 11.2 Å². The number of piperazine rings is 1. The molecule has 2 aromatic rings. The fraction of sp³-hybridized carbons (Fsp3) is 0.368. The first-order chi connectivity index (χ1) is 12.6. The third-order valence-corrected chi connectivity index (χ3v) is 4.54. The lowest BCUT2D eigenvalue weighted by atomic mass is 10.1. The quantitative estimate of drug-likeness (QED) is 0.888. The number of benzene rings is 1. The van der Waals surface area contributed by atoms with Crippen molar-refractivity contribution in [3.8, 4) is 0 Å². The number of carbonyl (C=O) groups is 2. The van der Waals surface area contributed by atoms with E-state index in [0.717, 1.165) is 11.4 Å². The average molecular weight is 353 g/mol. The lowest BCUT2D eigenvalue weighted by Gasteiger charge is -2.35. The maximum absolute atomic E-state index is 12.5. The Morgan fingerprint density at radius 1 is 1.00 bits per heavy atom. The van der Waals surface area contributed by atoms with Crippen LogP contribution in [0.1, 0.15) is 21.6 Å². The van der Waals surface area contributed by atoms with Crippen LogP contribution in [0.3, 0.4) is 0 Å². The molecule has 26 heavy (non-hydrogen) atoms. The Morgan fingerprint density at radius 2 is 1.69 bits per heavy atom. The van der Waals surface area contributed by atoms with Gasteiger partial charge in [-0.05, 0) is 24.6 Å². The molecule has 1 aliphatic rings. The Morgan fingerprint density at radius 3 is 2.27 bits per heavy atom. The van der Waals surface area contributed by atoms with Crippen molar-refractivity contribution in [2.75, 3.05) is 38.1 Å². The van der Waals surface area contributed by atoms with Crippen LogP contribution in [0, 0.1) is 6.92 Å². The van der Waals surface area contributed by atoms with Crippen molar-refractivity contribution >= 4 is 17.6 Å². The molecule has 1 saturated heterocycles. The third-order valence-electron chi connectivity index (χ3n) is 4.54. The number of amides is 2.